The maximum Gasteiger partial charge on any atom is 0.414 e. The molecule has 2 amide bonds. The largest absolute Gasteiger partial charge is 0.493 e. The van der Waals surface area contributed by atoms with E-state index in [0.29, 0.717) is 35.9 Å². The van der Waals surface area contributed by atoms with Gasteiger partial charge in [0.05, 0.1) is 37.1 Å². The third kappa shape index (κ3) is 5.97. The molecule has 42 heavy (non-hydrogen) atoms. The molecule has 0 saturated carbocycles. The molecular formula is C30H33BrN2O9. The molecule has 3 heterocycles. The number of hydrogen-bond acceptors (Lipinski definition) is 8. The fraction of sp³-hybridized carbons (Fsp3) is 0.433. The van der Waals surface area contributed by atoms with Crippen molar-refractivity contribution in [2.45, 2.75) is 56.2 Å². The molecule has 0 spiro atoms. The zero-order chi connectivity index (χ0) is 30.0. The van der Waals surface area contributed by atoms with Crippen LogP contribution in [0.15, 0.2) is 42.5 Å². The van der Waals surface area contributed by atoms with E-state index in [2.05, 4.69) is 22.5 Å². The van der Waals surface area contributed by atoms with Gasteiger partial charge in [0.1, 0.15) is 6.61 Å². The van der Waals surface area contributed by atoms with Gasteiger partial charge in [-0.15, -0.1) is 0 Å². The van der Waals surface area contributed by atoms with Gasteiger partial charge >= 0.3 is 12.1 Å². The summed E-state index contributed by atoms with van der Waals surface area (Å²) in [6, 6.07) is 7.66. The Bertz CT molecular complexity index is 1390. The number of carbonyl (C=O) groups is 3. The molecule has 2 fully saturated rings. The first kappa shape index (κ1) is 29.9. The number of amides is 2. The Labute approximate surface area is 252 Å². The molecule has 12 heteroatoms. The van der Waals surface area contributed by atoms with Crippen LogP contribution in [0.1, 0.15) is 57.5 Å². The van der Waals surface area contributed by atoms with E-state index < -0.39 is 30.6 Å². The normalized spacial score (nSPS) is 21.8. The number of benzene rings is 2. The van der Waals surface area contributed by atoms with Crippen molar-refractivity contribution < 1.29 is 43.2 Å². The van der Waals surface area contributed by atoms with Crippen molar-refractivity contribution in [1.82, 2.24) is 4.90 Å². The van der Waals surface area contributed by atoms with E-state index in [9.17, 15) is 19.5 Å². The Morgan fingerprint density at radius 3 is 2.57 bits per heavy atom. The van der Waals surface area contributed by atoms with Gasteiger partial charge in [-0.3, -0.25) is 4.79 Å². The summed E-state index contributed by atoms with van der Waals surface area (Å²) in [6.45, 7) is 4.90. The molecule has 1 unspecified atom stereocenters. The molecule has 3 aliphatic heterocycles. The number of fused-ring (bicyclic) bond motifs is 2. The summed E-state index contributed by atoms with van der Waals surface area (Å²) in [4.78, 5) is 41.6. The minimum Gasteiger partial charge on any atom is -0.493 e. The summed E-state index contributed by atoms with van der Waals surface area (Å²) < 4.78 is 28.7. The van der Waals surface area contributed by atoms with E-state index in [4.69, 9.17) is 23.7 Å². The molecule has 5 rings (SSSR count). The fourth-order valence-corrected chi connectivity index (χ4v) is 5.94. The third-order valence-corrected chi connectivity index (χ3v) is 8.21. The number of esters is 1. The summed E-state index contributed by atoms with van der Waals surface area (Å²) in [5.74, 6) is -0.359. The van der Waals surface area contributed by atoms with Crippen molar-refractivity contribution in [3.63, 3.8) is 0 Å². The molecule has 3 atom stereocenters. The topological polar surface area (TPSA) is 124 Å². The van der Waals surface area contributed by atoms with Crippen molar-refractivity contribution in [3.05, 3.63) is 64.7 Å². The monoisotopic (exact) mass is 644 g/mol. The van der Waals surface area contributed by atoms with Gasteiger partial charge in [0, 0.05) is 24.5 Å². The molecule has 224 valence electrons. The van der Waals surface area contributed by atoms with Gasteiger partial charge in [-0.2, -0.15) is 0 Å². The van der Waals surface area contributed by atoms with Crippen LogP contribution >= 0.6 is 15.9 Å². The number of carboxylic acid groups (broad SMARTS) is 1. The standard InChI is InChI=1S/C30H33BrN2O9/c1-17-8-23-28(42-26-6-4-5-7-40-26)33(30(36)37)22-13-25(24(38-2)12-21(22)27(34)32(23)15-17)41-16-19-9-18(14-31)10-20(11-19)29(35)39-3/h9-13,23,26,28H,1,4-8,14-16H2,2-3H3,(H,36,37)/t23-,26?,28-/m0/s1. The average molecular weight is 646 g/mol. The van der Waals surface area contributed by atoms with Crippen LogP contribution in [0.2, 0.25) is 0 Å². The molecule has 0 aliphatic carbocycles. The fourth-order valence-electron chi connectivity index (χ4n) is 5.62. The van der Waals surface area contributed by atoms with Crippen LogP contribution in [0.5, 0.6) is 11.5 Å². The Hall–Kier alpha value is -3.61. The van der Waals surface area contributed by atoms with Crippen molar-refractivity contribution in [2.24, 2.45) is 0 Å². The molecule has 0 radical (unpaired) electrons. The maximum absolute atomic E-state index is 13.9. The number of hydrogen-bond donors (Lipinski definition) is 1. The van der Waals surface area contributed by atoms with Crippen LogP contribution in [0.4, 0.5) is 10.5 Å². The molecular weight excluding hydrogens is 612 g/mol. The number of alkyl halides is 1. The molecule has 2 aromatic rings. The van der Waals surface area contributed by atoms with E-state index in [-0.39, 0.29) is 41.8 Å². The summed E-state index contributed by atoms with van der Waals surface area (Å²) in [7, 11) is 2.76. The lowest BCUT2D eigenvalue weighted by Crippen LogP contribution is -2.53. The second kappa shape index (κ2) is 12.7. The second-order valence-corrected chi connectivity index (χ2v) is 11.0. The Morgan fingerprint density at radius 2 is 1.90 bits per heavy atom. The van der Waals surface area contributed by atoms with Crippen molar-refractivity contribution in [2.75, 3.05) is 32.3 Å². The summed E-state index contributed by atoms with van der Waals surface area (Å²) >= 11 is 3.42. The number of ether oxygens (including phenoxy) is 5. The predicted molar refractivity (Wildman–Crippen MR) is 155 cm³/mol. The van der Waals surface area contributed by atoms with Crippen LogP contribution < -0.4 is 14.4 Å². The second-order valence-electron chi connectivity index (χ2n) is 10.4. The number of methoxy groups -OCH3 is 2. The zero-order valence-corrected chi connectivity index (χ0v) is 25.1. The van der Waals surface area contributed by atoms with E-state index in [1.165, 1.54) is 26.4 Å². The van der Waals surface area contributed by atoms with Crippen LogP contribution in [-0.4, -0.2) is 73.9 Å². The van der Waals surface area contributed by atoms with Crippen molar-refractivity contribution in [1.29, 1.82) is 0 Å². The van der Waals surface area contributed by atoms with Crippen LogP contribution in [0.25, 0.3) is 0 Å². The molecule has 2 aromatic carbocycles. The van der Waals surface area contributed by atoms with E-state index >= 15 is 0 Å². The van der Waals surface area contributed by atoms with Gasteiger partial charge in [0.2, 0.25) is 0 Å². The van der Waals surface area contributed by atoms with Gasteiger partial charge in [-0.1, -0.05) is 34.1 Å². The van der Waals surface area contributed by atoms with Crippen molar-refractivity contribution >= 4 is 39.6 Å². The molecule has 1 N–H and O–H groups in total. The first-order valence-corrected chi connectivity index (χ1v) is 14.7. The Morgan fingerprint density at radius 1 is 1.12 bits per heavy atom. The van der Waals surface area contributed by atoms with Gasteiger partial charge in [0.15, 0.2) is 24.0 Å². The van der Waals surface area contributed by atoms with Crippen LogP contribution in [0, 0.1) is 0 Å². The number of carbonyl (C=O) groups excluding carboxylic acids is 2. The molecule has 2 saturated heterocycles. The maximum atomic E-state index is 13.9. The van der Waals surface area contributed by atoms with Crippen molar-refractivity contribution in [3.8, 4) is 11.5 Å². The van der Waals surface area contributed by atoms with Gasteiger partial charge in [0.25, 0.3) is 5.91 Å². The van der Waals surface area contributed by atoms with Gasteiger partial charge in [-0.25, -0.2) is 14.5 Å². The average Bonchev–Trinajstić information content (AvgIpc) is 3.36. The number of rotatable bonds is 8. The number of halogens is 1. The third-order valence-electron chi connectivity index (χ3n) is 7.57. The minimum atomic E-state index is -1.28. The van der Waals surface area contributed by atoms with Gasteiger partial charge < -0.3 is 33.7 Å². The zero-order valence-electron chi connectivity index (χ0n) is 23.5. The van der Waals surface area contributed by atoms with E-state index in [1.54, 1.807) is 17.0 Å². The number of anilines is 1. The Kier molecular flexibility index (Phi) is 9.05. The highest BCUT2D eigenvalue weighted by atomic mass is 79.9. The minimum absolute atomic E-state index is 0.0332. The van der Waals surface area contributed by atoms with Gasteiger partial charge in [-0.05, 0) is 55.0 Å². The summed E-state index contributed by atoms with van der Waals surface area (Å²) in [6.07, 6.45) is -0.101. The lowest BCUT2D eigenvalue weighted by Gasteiger charge is -2.37. The highest BCUT2D eigenvalue weighted by Gasteiger charge is 2.48. The lowest BCUT2D eigenvalue weighted by molar-refractivity contribution is -0.195. The molecule has 11 nitrogen and oxygen atoms in total. The van der Waals surface area contributed by atoms with E-state index in [1.807, 2.05) is 6.07 Å². The molecule has 3 aliphatic rings. The highest BCUT2D eigenvalue weighted by Crippen LogP contribution is 2.43. The molecule has 0 bridgehead atoms. The van der Waals surface area contributed by atoms with Crippen LogP contribution in [-0.2, 0) is 26.1 Å². The summed E-state index contributed by atoms with van der Waals surface area (Å²) in [5, 5.41) is 11.0. The smallest absolute Gasteiger partial charge is 0.414 e. The highest BCUT2D eigenvalue weighted by molar-refractivity contribution is 9.08. The summed E-state index contributed by atoms with van der Waals surface area (Å²) in [5.41, 5.74) is 2.98. The lowest BCUT2D eigenvalue weighted by atomic mass is 10.1. The first-order chi connectivity index (χ1) is 20.2. The molecule has 0 aromatic heterocycles. The van der Waals surface area contributed by atoms with Crippen LogP contribution in [0.3, 0.4) is 0 Å². The Balaban J connectivity index is 1.54. The van der Waals surface area contributed by atoms with E-state index in [0.717, 1.165) is 28.9 Å². The first-order valence-electron chi connectivity index (χ1n) is 13.6. The SMILES string of the molecule is C=C1C[C@H]2[C@H](OC3CCCCO3)N(C(=O)O)c3cc(OCc4cc(CBr)cc(C(=O)OC)c4)c(OC)cc3C(=O)N2C1. The number of nitrogens with zero attached hydrogens (tertiary/aromatic N) is 2. The predicted octanol–water partition coefficient (Wildman–Crippen LogP) is 5.09. The quantitative estimate of drug-likeness (QED) is 0.238.